The lowest BCUT2D eigenvalue weighted by Gasteiger charge is -2.20. The summed E-state index contributed by atoms with van der Waals surface area (Å²) in [6, 6.07) is 5.36. The van der Waals surface area contributed by atoms with Crippen LogP contribution in [0.3, 0.4) is 0 Å². The van der Waals surface area contributed by atoms with Gasteiger partial charge in [0.15, 0.2) is 0 Å². The minimum absolute atomic E-state index is 0.0758. The number of nitrogen functional groups attached to an aromatic ring is 1. The molecule has 0 aliphatic carbocycles. The third-order valence-electron chi connectivity index (χ3n) is 1.57. The fourth-order valence-electron chi connectivity index (χ4n) is 1.05. The largest absolute Gasteiger partial charge is 0.398 e. The summed E-state index contributed by atoms with van der Waals surface area (Å²) >= 11 is 0. The quantitative estimate of drug-likeness (QED) is 0.516. The molecule has 0 fully saturated rings. The number of nitrogens with one attached hydrogen (secondary N) is 1. The van der Waals surface area contributed by atoms with Gasteiger partial charge in [-0.2, -0.15) is 0 Å². The number of hydrogen-bond donors (Lipinski definition) is 2. The van der Waals surface area contributed by atoms with Gasteiger partial charge in [0.1, 0.15) is 0 Å². The van der Waals surface area contributed by atoms with E-state index in [0.29, 0.717) is 11.3 Å². The molecule has 3 N–H and O–H groups in total. The second kappa shape index (κ2) is 1.50. The summed E-state index contributed by atoms with van der Waals surface area (Å²) in [6.07, 6.45) is 0. The van der Waals surface area contributed by atoms with E-state index in [1.807, 2.05) is 12.1 Å². The first-order valence-electron chi connectivity index (χ1n) is 2.99. The van der Waals surface area contributed by atoms with E-state index in [-0.39, 0.29) is 5.91 Å². The van der Waals surface area contributed by atoms with E-state index in [2.05, 4.69) is 5.32 Å². The molecule has 0 saturated heterocycles. The molecular formula is C7H6N2O. The van der Waals surface area contributed by atoms with Crippen molar-refractivity contribution >= 4 is 17.3 Å². The van der Waals surface area contributed by atoms with E-state index in [9.17, 15) is 4.79 Å². The number of amides is 1. The second-order valence-electron chi connectivity index (χ2n) is 2.22. The third-order valence-corrected chi connectivity index (χ3v) is 1.57. The molecule has 0 aromatic heterocycles. The summed E-state index contributed by atoms with van der Waals surface area (Å²) in [5.41, 5.74) is 7.52. The van der Waals surface area contributed by atoms with Gasteiger partial charge in [0.25, 0.3) is 5.91 Å². The van der Waals surface area contributed by atoms with Crippen molar-refractivity contribution in [2.75, 3.05) is 11.1 Å². The van der Waals surface area contributed by atoms with Crippen LogP contribution in [0.5, 0.6) is 0 Å². The average Bonchev–Trinajstić information content (AvgIpc) is 1.85. The van der Waals surface area contributed by atoms with Gasteiger partial charge in [0.2, 0.25) is 0 Å². The highest BCUT2D eigenvalue weighted by molar-refractivity contribution is 6.21. The number of hydrogen-bond acceptors (Lipinski definition) is 2. The summed E-state index contributed by atoms with van der Waals surface area (Å²) in [5, 5.41) is 2.61. The molecule has 0 radical (unpaired) electrons. The Labute approximate surface area is 57.8 Å². The van der Waals surface area contributed by atoms with Gasteiger partial charge in [-0.25, -0.2) is 0 Å². The highest BCUT2D eigenvalue weighted by Gasteiger charge is 2.23. The fourth-order valence-corrected chi connectivity index (χ4v) is 1.05. The monoisotopic (exact) mass is 134 g/mol. The van der Waals surface area contributed by atoms with Crippen molar-refractivity contribution in [3.8, 4) is 0 Å². The Morgan fingerprint density at radius 3 is 2.70 bits per heavy atom. The van der Waals surface area contributed by atoms with Crippen molar-refractivity contribution in [2.45, 2.75) is 0 Å². The highest BCUT2D eigenvalue weighted by Crippen LogP contribution is 2.29. The number of carbonyl (C=O) groups is 1. The van der Waals surface area contributed by atoms with Crippen LogP contribution >= 0.6 is 0 Å². The maximum Gasteiger partial charge on any atom is 0.259 e. The summed E-state index contributed by atoms with van der Waals surface area (Å²) in [6.45, 7) is 0. The molecule has 1 heterocycles. The van der Waals surface area contributed by atoms with Gasteiger partial charge in [-0.3, -0.25) is 4.79 Å². The Morgan fingerprint density at radius 2 is 2.20 bits per heavy atom. The number of nitrogens with two attached hydrogens (primary N) is 1. The van der Waals surface area contributed by atoms with Crippen molar-refractivity contribution in [1.29, 1.82) is 0 Å². The number of rotatable bonds is 0. The Kier molecular flexibility index (Phi) is 0.795. The van der Waals surface area contributed by atoms with Crippen molar-refractivity contribution in [3.05, 3.63) is 23.8 Å². The number of benzene rings is 1. The van der Waals surface area contributed by atoms with Crippen molar-refractivity contribution in [2.24, 2.45) is 0 Å². The zero-order valence-corrected chi connectivity index (χ0v) is 5.22. The number of fused-ring (bicyclic) bond motifs is 1. The first-order valence-corrected chi connectivity index (χ1v) is 2.99. The van der Waals surface area contributed by atoms with Crippen LogP contribution in [0.25, 0.3) is 0 Å². The van der Waals surface area contributed by atoms with Crippen LogP contribution < -0.4 is 11.1 Å². The molecule has 0 atom stereocenters. The average molecular weight is 134 g/mol. The molecule has 3 nitrogen and oxygen atoms in total. The minimum Gasteiger partial charge on any atom is -0.398 e. The zero-order valence-electron chi connectivity index (χ0n) is 5.22. The lowest BCUT2D eigenvalue weighted by molar-refractivity contribution is 0.101. The predicted molar refractivity (Wildman–Crippen MR) is 38.8 cm³/mol. The van der Waals surface area contributed by atoms with Crippen LogP contribution in [0.2, 0.25) is 0 Å². The van der Waals surface area contributed by atoms with Crippen LogP contribution in [0, 0.1) is 0 Å². The second-order valence-corrected chi connectivity index (χ2v) is 2.22. The molecule has 3 heteroatoms. The van der Waals surface area contributed by atoms with E-state index >= 15 is 0 Å². The maximum atomic E-state index is 10.8. The summed E-state index contributed by atoms with van der Waals surface area (Å²) in [7, 11) is 0. The van der Waals surface area contributed by atoms with E-state index in [4.69, 9.17) is 5.73 Å². The fraction of sp³-hybridized carbons (Fsp3) is 0. The Balaban J connectivity index is 2.68. The molecule has 1 amide bonds. The number of anilines is 2. The van der Waals surface area contributed by atoms with E-state index in [1.54, 1.807) is 6.07 Å². The Morgan fingerprint density at radius 1 is 1.40 bits per heavy atom. The van der Waals surface area contributed by atoms with Crippen LogP contribution in [-0.2, 0) is 0 Å². The molecule has 1 aromatic rings. The Hall–Kier alpha value is -1.51. The van der Waals surface area contributed by atoms with Crippen LogP contribution in [0.15, 0.2) is 18.2 Å². The summed E-state index contributed by atoms with van der Waals surface area (Å²) in [4.78, 5) is 10.8. The molecule has 0 bridgehead atoms. The Bertz CT molecular complexity index is 292. The smallest absolute Gasteiger partial charge is 0.259 e. The molecule has 1 aliphatic rings. The summed E-state index contributed by atoms with van der Waals surface area (Å²) in [5.74, 6) is -0.0758. The standard InChI is InChI=1S/C7H6N2O/c8-4-2-1-3-5-6(4)7(10)9-5/h1-3H,8H2,(H,9,10). The third kappa shape index (κ3) is 0.466. The SMILES string of the molecule is Nc1cccc2c1C(=O)N2. The molecule has 0 unspecified atom stereocenters. The van der Waals surface area contributed by atoms with Crippen LogP contribution in [0.4, 0.5) is 11.4 Å². The van der Waals surface area contributed by atoms with Gasteiger partial charge in [0.05, 0.1) is 11.3 Å². The van der Waals surface area contributed by atoms with E-state index in [0.717, 1.165) is 5.69 Å². The minimum atomic E-state index is -0.0758. The maximum absolute atomic E-state index is 10.8. The highest BCUT2D eigenvalue weighted by atomic mass is 16.2. The normalized spacial score (nSPS) is 13.4. The zero-order chi connectivity index (χ0) is 7.14. The van der Waals surface area contributed by atoms with Gasteiger partial charge in [-0.1, -0.05) is 6.07 Å². The van der Waals surface area contributed by atoms with Crippen molar-refractivity contribution in [1.82, 2.24) is 0 Å². The summed E-state index contributed by atoms with van der Waals surface area (Å²) < 4.78 is 0. The molecule has 50 valence electrons. The van der Waals surface area contributed by atoms with Gasteiger partial charge >= 0.3 is 0 Å². The molecule has 0 saturated carbocycles. The molecule has 0 spiro atoms. The topological polar surface area (TPSA) is 55.1 Å². The van der Waals surface area contributed by atoms with Gasteiger partial charge in [0, 0.05) is 5.69 Å². The van der Waals surface area contributed by atoms with Gasteiger partial charge in [-0.05, 0) is 12.1 Å². The lowest BCUT2D eigenvalue weighted by atomic mass is 10.0. The molecule has 1 aliphatic heterocycles. The van der Waals surface area contributed by atoms with Crippen molar-refractivity contribution in [3.63, 3.8) is 0 Å². The molecule has 2 rings (SSSR count). The van der Waals surface area contributed by atoms with Crippen LogP contribution in [-0.4, -0.2) is 5.91 Å². The molecule has 1 aromatic carbocycles. The first-order chi connectivity index (χ1) is 4.79. The lowest BCUT2D eigenvalue weighted by Crippen LogP contribution is -2.25. The first kappa shape index (κ1) is 5.29. The molecule has 10 heavy (non-hydrogen) atoms. The van der Waals surface area contributed by atoms with Crippen molar-refractivity contribution < 1.29 is 4.79 Å². The van der Waals surface area contributed by atoms with Crippen LogP contribution in [0.1, 0.15) is 10.4 Å². The number of carbonyl (C=O) groups excluding carboxylic acids is 1. The van der Waals surface area contributed by atoms with E-state index < -0.39 is 0 Å². The van der Waals surface area contributed by atoms with E-state index in [1.165, 1.54) is 0 Å². The molecular weight excluding hydrogens is 128 g/mol. The van der Waals surface area contributed by atoms with Gasteiger partial charge < -0.3 is 11.1 Å². The predicted octanol–water partition coefficient (Wildman–Crippen LogP) is 0.835. The van der Waals surface area contributed by atoms with Gasteiger partial charge in [-0.15, -0.1) is 0 Å².